The Balaban J connectivity index is 1.16. The fourth-order valence-corrected chi connectivity index (χ4v) is 9.40. The first-order valence-electron chi connectivity index (χ1n) is 15.3. The number of benzene rings is 1. The highest BCUT2D eigenvalue weighted by Crippen LogP contribution is 2.49. The molecule has 3 aliphatic heterocycles. The highest BCUT2D eigenvalue weighted by molar-refractivity contribution is 5.76. The number of likely N-dealkylation sites (tertiary alicyclic amines) is 1. The molecule has 0 spiro atoms. The third-order valence-corrected chi connectivity index (χ3v) is 10.9. The second-order valence-electron chi connectivity index (χ2n) is 13.0. The minimum Gasteiger partial charge on any atom is -0.480 e. The number of rotatable bonds is 5. The molecule has 1 N–H and O–H groups in total. The molecule has 37 heavy (non-hydrogen) atoms. The number of carboxylic acid groups (broad SMARTS) is 1. The SMILES string of the molecule is O=C(O)CN1CCC(c2nc3ccccc3n2C2C[C@H]3CCC[C@@H](C2)N3C2CCC3CCC[C@@H]2C3)CC1. The number of piperidine rings is 3. The van der Waals surface area contributed by atoms with Gasteiger partial charge in [-0.3, -0.25) is 14.6 Å². The minimum atomic E-state index is -0.717. The number of aliphatic carboxylic acids is 1. The summed E-state index contributed by atoms with van der Waals surface area (Å²) >= 11 is 0. The van der Waals surface area contributed by atoms with E-state index in [0.29, 0.717) is 12.0 Å². The minimum absolute atomic E-state index is 0.161. The van der Waals surface area contributed by atoms with Crippen LogP contribution in [0.15, 0.2) is 24.3 Å². The van der Waals surface area contributed by atoms with Crippen LogP contribution in [-0.2, 0) is 4.79 Å². The van der Waals surface area contributed by atoms with Crippen LogP contribution in [0.4, 0.5) is 0 Å². The molecule has 2 aromatic rings. The number of imidazole rings is 1. The Hall–Kier alpha value is -1.92. The van der Waals surface area contributed by atoms with E-state index in [1.165, 1.54) is 82.0 Å². The van der Waals surface area contributed by atoms with Gasteiger partial charge < -0.3 is 9.67 Å². The van der Waals surface area contributed by atoms with E-state index in [9.17, 15) is 9.90 Å². The van der Waals surface area contributed by atoms with E-state index in [4.69, 9.17) is 4.98 Å². The van der Waals surface area contributed by atoms with Crippen LogP contribution in [0.2, 0.25) is 0 Å². The van der Waals surface area contributed by atoms with Gasteiger partial charge in [-0.2, -0.15) is 0 Å². The summed E-state index contributed by atoms with van der Waals surface area (Å²) < 4.78 is 2.67. The fraction of sp³-hybridized carbons (Fsp3) is 0.742. The normalized spacial score (nSPS) is 35.6. The molecule has 4 heterocycles. The van der Waals surface area contributed by atoms with Crippen molar-refractivity contribution in [3.05, 3.63) is 30.1 Å². The van der Waals surface area contributed by atoms with E-state index < -0.39 is 5.97 Å². The first kappa shape index (κ1) is 24.1. The number of fused-ring (bicyclic) bond motifs is 5. The average molecular weight is 505 g/mol. The van der Waals surface area contributed by atoms with E-state index in [-0.39, 0.29) is 6.54 Å². The summed E-state index contributed by atoms with van der Waals surface area (Å²) in [5.74, 6) is 2.96. The molecule has 5 aliphatic rings. The van der Waals surface area contributed by atoms with Crippen molar-refractivity contribution in [2.45, 2.75) is 114 Å². The van der Waals surface area contributed by atoms with Crippen molar-refractivity contribution < 1.29 is 9.90 Å². The molecule has 6 nitrogen and oxygen atoms in total. The largest absolute Gasteiger partial charge is 0.480 e. The van der Waals surface area contributed by atoms with Gasteiger partial charge in [0.25, 0.3) is 0 Å². The number of nitrogens with zero attached hydrogens (tertiary/aromatic N) is 4. The molecule has 6 atom stereocenters. The molecule has 2 aliphatic carbocycles. The van der Waals surface area contributed by atoms with E-state index in [2.05, 4.69) is 38.6 Å². The molecular weight excluding hydrogens is 460 g/mol. The number of carbonyl (C=O) groups is 1. The summed E-state index contributed by atoms with van der Waals surface area (Å²) in [6.07, 6.45) is 17.5. The van der Waals surface area contributed by atoms with Gasteiger partial charge in [0.2, 0.25) is 0 Å². The van der Waals surface area contributed by atoms with Crippen molar-refractivity contribution in [2.24, 2.45) is 11.8 Å². The second kappa shape index (κ2) is 10.00. The van der Waals surface area contributed by atoms with E-state index in [0.717, 1.165) is 61.4 Å². The van der Waals surface area contributed by atoms with Crippen LogP contribution < -0.4 is 0 Å². The number of aromatic nitrogens is 2. The van der Waals surface area contributed by atoms with Gasteiger partial charge in [-0.1, -0.05) is 31.4 Å². The smallest absolute Gasteiger partial charge is 0.317 e. The number of para-hydroxylation sites is 2. The lowest BCUT2D eigenvalue weighted by Gasteiger charge is -2.56. The summed E-state index contributed by atoms with van der Waals surface area (Å²) in [6, 6.07) is 11.6. The van der Waals surface area contributed by atoms with Crippen LogP contribution in [-0.4, -0.2) is 68.2 Å². The van der Waals surface area contributed by atoms with Crippen LogP contribution in [0.1, 0.15) is 101 Å². The van der Waals surface area contributed by atoms with Crippen LogP contribution in [0, 0.1) is 11.8 Å². The Labute approximate surface area is 221 Å². The molecule has 5 fully saturated rings. The van der Waals surface area contributed by atoms with Crippen LogP contribution in [0.25, 0.3) is 11.0 Å². The monoisotopic (exact) mass is 504 g/mol. The Morgan fingerprint density at radius 2 is 1.62 bits per heavy atom. The Kier molecular flexibility index (Phi) is 6.52. The Bertz CT molecular complexity index is 1110. The van der Waals surface area contributed by atoms with Gasteiger partial charge in [0.15, 0.2) is 0 Å². The van der Waals surface area contributed by atoms with E-state index in [1.54, 1.807) is 0 Å². The maximum absolute atomic E-state index is 11.2. The molecule has 0 radical (unpaired) electrons. The number of carboxylic acids is 1. The molecule has 3 unspecified atom stereocenters. The third kappa shape index (κ3) is 4.52. The summed E-state index contributed by atoms with van der Waals surface area (Å²) in [7, 11) is 0. The zero-order chi connectivity index (χ0) is 24.9. The van der Waals surface area contributed by atoms with Gasteiger partial charge >= 0.3 is 5.97 Å². The van der Waals surface area contributed by atoms with Gasteiger partial charge in [0.1, 0.15) is 5.82 Å². The number of hydrogen-bond acceptors (Lipinski definition) is 4. The lowest BCUT2D eigenvalue weighted by atomic mass is 9.67. The molecule has 200 valence electrons. The predicted molar refractivity (Wildman–Crippen MR) is 146 cm³/mol. The molecule has 6 heteroatoms. The third-order valence-electron chi connectivity index (χ3n) is 10.9. The van der Waals surface area contributed by atoms with Crippen molar-refractivity contribution in [3.63, 3.8) is 0 Å². The molecular formula is C31H44N4O2. The quantitative estimate of drug-likeness (QED) is 0.555. The van der Waals surface area contributed by atoms with Gasteiger partial charge in [0, 0.05) is 30.1 Å². The fourth-order valence-electron chi connectivity index (χ4n) is 9.40. The van der Waals surface area contributed by atoms with Crippen LogP contribution in [0.3, 0.4) is 0 Å². The van der Waals surface area contributed by atoms with Crippen molar-refractivity contribution in [1.82, 2.24) is 19.4 Å². The molecule has 1 aromatic carbocycles. The lowest BCUT2D eigenvalue weighted by molar-refractivity contribution is -0.138. The zero-order valence-electron chi connectivity index (χ0n) is 22.3. The van der Waals surface area contributed by atoms with Crippen molar-refractivity contribution in [1.29, 1.82) is 0 Å². The molecule has 1 aromatic heterocycles. The van der Waals surface area contributed by atoms with Gasteiger partial charge in [0.05, 0.1) is 17.6 Å². The maximum atomic E-state index is 11.2. The first-order valence-corrected chi connectivity index (χ1v) is 15.3. The average Bonchev–Trinajstić information content (AvgIpc) is 3.28. The molecule has 3 saturated heterocycles. The van der Waals surface area contributed by atoms with Crippen molar-refractivity contribution in [2.75, 3.05) is 19.6 Å². The van der Waals surface area contributed by atoms with E-state index in [1.807, 2.05) is 0 Å². The zero-order valence-corrected chi connectivity index (χ0v) is 22.3. The highest BCUT2D eigenvalue weighted by atomic mass is 16.4. The molecule has 0 amide bonds. The summed E-state index contributed by atoms with van der Waals surface area (Å²) in [5.41, 5.74) is 2.45. The first-order chi connectivity index (χ1) is 18.1. The summed E-state index contributed by atoms with van der Waals surface area (Å²) in [5, 5.41) is 9.24. The predicted octanol–water partition coefficient (Wildman–Crippen LogP) is 5.83. The topological polar surface area (TPSA) is 61.6 Å². The van der Waals surface area contributed by atoms with Crippen LogP contribution >= 0.6 is 0 Å². The summed E-state index contributed by atoms with van der Waals surface area (Å²) in [6.45, 7) is 1.87. The molecule has 7 rings (SSSR count). The van der Waals surface area contributed by atoms with Gasteiger partial charge in [-0.25, -0.2) is 4.98 Å². The number of hydrogen-bond donors (Lipinski definition) is 1. The Morgan fingerprint density at radius 3 is 2.41 bits per heavy atom. The highest BCUT2D eigenvalue weighted by Gasteiger charge is 2.47. The summed E-state index contributed by atoms with van der Waals surface area (Å²) in [4.78, 5) is 21.7. The molecule has 4 bridgehead atoms. The van der Waals surface area contributed by atoms with Crippen molar-refractivity contribution in [3.8, 4) is 0 Å². The van der Waals surface area contributed by atoms with Crippen LogP contribution in [0.5, 0.6) is 0 Å². The second-order valence-corrected chi connectivity index (χ2v) is 13.0. The standard InChI is InChI=1S/C31H44N4O2/c36-30(37)20-33-15-13-22(14-16-33)31-32-27-9-1-2-10-29(27)35(31)26-18-24-7-4-8-25(19-26)34(24)28-12-11-21-5-3-6-23(28)17-21/h1-2,9-10,21-26,28H,3-8,11-20H2,(H,36,37)/t21?,23-,24-,25+,26?,28?/m1/s1. The lowest BCUT2D eigenvalue weighted by Crippen LogP contribution is -2.59. The van der Waals surface area contributed by atoms with Gasteiger partial charge in [-0.05, 0) is 101 Å². The van der Waals surface area contributed by atoms with Crippen molar-refractivity contribution >= 4 is 17.0 Å². The maximum Gasteiger partial charge on any atom is 0.317 e. The van der Waals surface area contributed by atoms with E-state index >= 15 is 0 Å². The molecule has 2 saturated carbocycles. The van der Waals surface area contributed by atoms with Gasteiger partial charge in [-0.15, -0.1) is 0 Å². The Morgan fingerprint density at radius 1 is 0.865 bits per heavy atom.